The summed E-state index contributed by atoms with van der Waals surface area (Å²) in [4.78, 5) is 14.6. The third kappa shape index (κ3) is 4.64. The number of hydrogen-bond acceptors (Lipinski definition) is 5. The van der Waals surface area contributed by atoms with Crippen LogP contribution in [0.3, 0.4) is 0 Å². The van der Waals surface area contributed by atoms with Gasteiger partial charge in [0.15, 0.2) is 5.16 Å². The van der Waals surface area contributed by atoms with E-state index in [9.17, 15) is 4.79 Å². The number of thioether (sulfide) groups is 1. The number of nitrogens with one attached hydrogen (secondary N) is 1. The molecule has 2 fully saturated rings. The van der Waals surface area contributed by atoms with Crippen LogP contribution in [-0.4, -0.2) is 39.5 Å². The molecule has 0 radical (unpaired) electrons. The monoisotopic (exact) mass is 385 g/mol. The SMILES string of the molecule is CC1CCN(c2nnc(SCC(=O)NCc3ccccc3)n2C2CC2)CC1. The van der Waals surface area contributed by atoms with Gasteiger partial charge in [-0.3, -0.25) is 9.36 Å². The van der Waals surface area contributed by atoms with Crippen LogP contribution in [0.4, 0.5) is 5.95 Å². The van der Waals surface area contributed by atoms with Crippen molar-refractivity contribution in [2.45, 2.75) is 50.4 Å². The lowest BCUT2D eigenvalue weighted by Gasteiger charge is -2.31. The van der Waals surface area contributed by atoms with Crippen molar-refractivity contribution in [3.8, 4) is 0 Å². The first-order valence-corrected chi connectivity index (χ1v) is 10.8. The highest BCUT2D eigenvalue weighted by Gasteiger charge is 2.32. The number of amides is 1. The molecule has 1 aromatic carbocycles. The Morgan fingerprint density at radius 2 is 1.89 bits per heavy atom. The zero-order valence-corrected chi connectivity index (χ0v) is 16.6. The first-order chi connectivity index (χ1) is 13.2. The number of anilines is 1. The molecular formula is C20H27N5OS. The Balaban J connectivity index is 1.35. The fraction of sp³-hybridized carbons (Fsp3) is 0.550. The van der Waals surface area contributed by atoms with Crippen LogP contribution in [0.1, 0.15) is 44.2 Å². The molecule has 2 aliphatic rings. The highest BCUT2D eigenvalue weighted by atomic mass is 32.2. The van der Waals surface area contributed by atoms with E-state index in [-0.39, 0.29) is 5.91 Å². The predicted octanol–water partition coefficient (Wildman–Crippen LogP) is 3.26. The molecule has 2 aromatic rings. The Morgan fingerprint density at radius 1 is 1.15 bits per heavy atom. The molecular weight excluding hydrogens is 358 g/mol. The van der Waals surface area contributed by atoms with Crippen LogP contribution in [0.2, 0.25) is 0 Å². The summed E-state index contributed by atoms with van der Waals surface area (Å²) in [7, 11) is 0. The topological polar surface area (TPSA) is 63.1 Å². The lowest BCUT2D eigenvalue weighted by Crippen LogP contribution is -2.34. The van der Waals surface area contributed by atoms with Gasteiger partial charge in [-0.05, 0) is 37.2 Å². The van der Waals surface area contributed by atoms with Gasteiger partial charge in [0.05, 0.1) is 5.75 Å². The van der Waals surface area contributed by atoms with E-state index in [4.69, 9.17) is 0 Å². The minimum Gasteiger partial charge on any atom is -0.351 e. The van der Waals surface area contributed by atoms with Crippen LogP contribution in [0.5, 0.6) is 0 Å². The predicted molar refractivity (Wildman–Crippen MR) is 108 cm³/mol. The molecule has 6 nitrogen and oxygen atoms in total. The molecule has 0 unspecified atom stereocenters. The normalized spacial score (nSPS) is 17.9. The molecule has 2 heterocycles. The Bertz CT molecular complexity index is 766. The number of hydrogen-bond donors (Lipinski definition) is 1. The van der Waals surface area contributed by atoms with Crippen LogP contribution >= 0.6 is 11.8 Å². The number of rotatable bonds is 7. The van der Waals surface area contributed by atoms with E-state index in [2.05, 4.69) is 31.9 Å². The molecule has 1 N–H and O–H groups in total. The molecule has 27 heavy (non-hydrogen) atoms. The minimum absolute atomic E-state index is 0.0301. The number of aromatic nitrogens is 3. The lowest BCUT2D eigenvalue weighted by molar-refractivity contribution is -0.118. The second-order valence-corrected chi connectivity index (χ2v) is 8.55. The molecule has 1 aliphatic carbocycles. The van der Waals surface area contributed by atoms with Gasteiger partial charge < -0.3 is 10.2 Å². The largest absolute Gasteiger partial charge is 0.351 e. The Labute approximate surface area is 164 Å². The fourth-order valence-electron chi connectivity index (χ4n) is 3.42. The zero-order valence-electron chi connectivity index (χ0n) is 15.8. The number of nitrogens with zero attached hydrogens (tertiary/aromatic N) is 4. The molecule has 144 valence electrons. The summed E-state index contributed by atoms with van der Waals surface area (Å²) >= 11 is 1.49. The van der Waals surface area contributed by atoms with Gasteiger partial charge in [-0.25, -0.2) is 0 Å². The van der Waals surface area contributed by atoms with Gasteiger partial charge in [0.1, 0.15) is 0 Å². The van der Waals surface area contributed by atoms with Crippen molar-refractivity contribution >= 4 is 23.6 Å². The van der Waals surface area contributed by atoms with Crippen LogP contribution in [-0.2, 0) is 11.3 Å². The second-order valence-electron chi connectivity index (χ2n) is 7.60. The van der Waals surface area contributed by atoms with Crippen molar-refractivity contribution < 1.29 is 4.79 Å². The number of benzene rings is 1. The zero-order chi connectivity index (χ0) is 18.6. The van der Waals surface area contributed by atoms with E-state index in [1.165, 1.54) is 37.4 Å². The van der Waals surface area contributed by atoms with Crippen molar-refractivity contribution in [3.63, 3.8) is 0 Å². The molecule has 7 heteroatoms. The van der Waals surface area contributed by atoms with Gasteiger partial charge in [0, 0.05) is 25.7 Å². The van der Waals surface area contributed by atoms with Gasteiger partial charge in [-0.1, -0.05) is 49.0 Å². The van der Waals surface area contributed by atoms with Gasteiger partial charge in [-0.2, -0.15) is 0 Å². The van der Waals surface area contributed by atoms with Crippen molar-refractivity contribution in [1.29, 1.82) is 0 Å². The molecule has 1 saturated carbocycles. The van der Waals surface area contributed by atoms with Crippen LogP contribution in [0.15, 0.2) is 35.5 Å². The van der Waals surface area contributed by atoms with Crippen molar-refractivity contribution in [1.82, 2.24) is 20.1 Å². The van der Waals surface area contributed by atoms with Gasteiger partial charge in [0.2, 0.25) is 11.9 Å². The summed E-state index contributed by atoms with van der Waals surface area (Å²) in [6, 6.07) is 10.5. The number of carbonyl (C=O) groups is 1. The molecule has 0 atom stereocenters. The molecule has 1 aromatic heterocycles. The van der Waals surface area contributed by atoms with Gasteiger partial charge in [-0.15, -0.1) is 10.2 Å². The van der Waals surface area contributed by atoms with E-state index in [1.807, 2.05) is 30.3 Å². The summed E-state index contributed by atoms with van der Waals surface area (Å²) in [5, 5.41) is 12.8. The summed E-state index contributed by atoms with van der Waals surface area (Å²) in [5.41, 5.74) is 1.11. The van der Waals surface area contributed by atoms with Crippen LogP contribution < -0.4 is 10.2 Å². The Kier molecular flexibility index (Phi) is 5.66. The van der Waals surface area contributed by atoms with E-state index in [0.717, 1.165) is 35.7 Å². The van der Waals surface area contributed by atoms with Crippen molar-refractivity contribution in [2.75, 3.05) is 23.7 Å². The third-order valence-electron chi connectivity index (χ3n) is 5.29. The molecule has 1 amide bonds. The first-order valence-electron chi connectivity index (χ1n) is 9.84. The van der Waals surface area contributed by atoms with E-state index < -0.39 is 0 Å². The van der Waals surface area contributed by atoms with Crippen molar-refractivity contribution in [2.24, 2.45) is 5.92 Å². The maximum absolute atomic E-state index is 12.2. The quantitative estimate of drug-likeness (QED) is 0.741. The van der Waals surface area contributed by atoms with Crippen molar-refractivity contribution in [3.05, 3.63) is 35.9 Å². The summed E-state index contributed by atoms with van der Waals surface area (Å²) in [6.45, 7) is 4.98. The summed E-state index contributed by atoms with van der Waals surface area (Å²) in [6.07, 6.45) is 4.79. The summed E-state index contributed by atoms with van der Waals surface area (Å²) in [5.74, 6) is 2.19. The van der Waals surface area contributed by atoms with Gasteiger partial charge >= 0.3 is 0 Å². The third-order valence-corrected chi connectivity index (χ3v) is 6.23. The first kappa shape index (κ1) is 18.3. The molecule has 0 spiro atoms. The highest BCUT2D eigenvalue weighted by molar-refractivity contribution is 7.99. The van der Waals surface area contributed by atoms with E-state index in [1.54, 1.807) is 0 Å². The van der Waals surface area contributed by atoms with Gasteiger partial charge in [0.25, 0.3) is 0 Å². The molecule has 0 bridgehead atoms. The minimum atomic E-state index is 0.0301. The summed E-state index contributed by atoms with van der Waals surface area (Å²) < 4.78 is 2.27. The van der Waals surface area contributed by atoms with E-state index >= 15 is 0 Å². The number of piperidine rings is 1. The van der Waals surface area contributed by atoms with Crippen LogP contribution in [0, 0.1) is 5.92 Å². The number of carbonyl (C=O) groups excluding carboxylic acids is 1. The maximum Gasteiger partial charge on any atom is 0.230 e. The Hall–Kier alpha value is -2.02. The van der Waals surface area contributed by atoms with Crippen LogP contribution in [0.25, 0.3) is 0 Å². The van der Waals surface area contributed by atoms with E-state index in [0.29, 0.717) is 18.3 Å². The Morgan fingerprint density at radius 3 is 2.59 bits per heavy atom. The fourth-order valence-corrected chi connectivity index (χ4v) is 4.25. The average Bonchev–Trinajstić information content (AvgIpc) is 3.45. The average molecular weight is 386 g/mol. The molecule has 4 rings (SSSR count). The lowest BCUT2D eigenvalue weighted by atomic mass is 10.00. The highest BCUT2D eigenvalue weighted by Crippen LogP contribution is 2.41. The second kappa shape index (κ2) is 8.33. The smallest absolute Gasteiger partial charge is 0.230 e. The standard InChI is InChI=1S/C20H27N5OS/c1-15-9-11-24(12-10-15)19-22-23-20(25(19)17-7-8-17)27-14-18(26)21-13-16-5-3-2-4-6-16/h2-6,15,17H,7-14H2,1H3,(H,21,26). The maximum atomic E-state index is 12.2. The molecule has 1 aliphatic heterocycles. The molecule has 1 saturated heterocycles.